The summed E-state index contributed by atoms with van der Waals surface area (Å²) in [5, 5.41) is 0. The lowest BCUT2D eigenvalue weighted by molar-refractivity contribution is -0.167. The van der Waals surface area contributed by atoms with Gasteiger partial charge in [0.15, 0.2) is 6.10 Å². The van der Waals surface area contributed by atoms with Gasteiger partial charge in [-0.3, -0.25) is 14.4 Å². The highest BCUT2D eigenvalue weighted by Crippen LogP contribution is 2.15. The number of allylic oxidation sites excluding steroid dienone is 22. The lowest BCUT2D eigenvalue weighted by Crippen LogP contribution is -2.30. The summed E-state index contributed by atoms with van der Waals surface area (Å²) in [6.45, 7) is 6.45. The van der Waals surface area contributed by atoms with E-state index in [9.17, 15) is 14.4 Å². The molecule has 0 aromatic rings. The van der Waals surface area contributed by atoms with Gasteiger partial charge in [-0.15, -0.1) is 0 Å². The van der Waals surface area contributed by atoms with E-state index in [-0.39, 0.29) is 31.1 Å². The van der Waals surface area contributed by atoms with Crippen molar-refractivity contribution in [3.05, 3.63) is 134 Å². The number of carbonyl (C=O) groups excluding carboxylic acids is 3. The zero-order valence-electron chi connectivity index (χ0n) is 52.0. The predicted molar refractivity (Wildman–Crippen MR) is 348 cm³/mol. The molecule has 0 rings (SSSR count). The minimum absolute atomic E-state index is 0.0847. The third kappa shape index (κ3) is 64.4. The van der Waals surface area contributed by atoms with Crippen LogP contribution in [0.1, 0.15) is 297 Å². The van der Waals surface area contributed by atoms with Gasteiger partial charge in [-0.2, -0.15) is 0 Å². The van der Waals surface area contributed by atoms with E-state index >= 15 is 0 Å². The monoisotopic (exact) mass is 1110 g/mol. The molecule has 6 heteroatoms. The molecule has 0 aliphatic heterocycles. The van der Waals surface area contributed by atoms with Gasteiger partial charge in [0.2, 0.25) is 0 Å². The van der Waals surface area contributed by atoms with Crippen LogP contribution in [0, 0.1) is 0 Å². The molecule has 1 atom stereocenters. The van der Waals surface area contributed by atoms with Gasteiger partial charge in [-0.05, 0) is 122 Å². The van der Waals surface area contributed by atoms with Gasteiger partial charge < -0.3 is 14.2 Å². The molecule has 0 fully saturated rings. The van der Waals surface area contributed by atoms with Crippen LogP contribution in [0.25, 0.3) is 0 Å². The first-order valence-corrected chi connectivity index (χ1v) is 33.2. The van der Waals surface area contributed by atoms with E-state index in [2.05, 4.69) is 154 Å². The minimum atomic E-state index is -0.786. The second-order valence-electron chi connectivity index (χ2n) is 21.6. The molecule has 0 saturated heterocycles. The molecule has 0 aliphatic carbocycles. The van der Waals surface area contributed by atoms with Crippen LogP contribution in [0.15, 0.2) is 134 Å². The van der Waals surface area contributed by atoms with E-state index in [4.69, 9.17) is 14.2 Å². The molecule has 6 nitrogen and oxygen atoms in total. The smallest absolute Gasteiger partial charge is 0.306 e. The summed E-state index contributed by atoms with van der Waals surface area (Å²) >= 11 is 0. The van der Waals surface area contributed by atoms with Crippen LogP contribution >= 0.6 is 0 Å². The SMILES string of the molecule is CC/C=C\C/C=C\C/C=C\C/C=C\C/C=C\C/C=C\C/C=C\C/C=C\C/C=C\CCCCCCCCCC(=O)OCC(COC(=O)CCCCCCCC)OC(=O)CCCCCCCCCCC/C=C\C/C=C\CCCCCCC. The summed E-state index contributed by atoms with van der Waals surface area (Å²) in [6, 6.07) is 0. The largest absolute Gasteiger partial charge is 0.462 e. The van der Waals surface area contributed by atoms with Crippen molar-refractivity contribution in [2.75, 3.05) is 13.2 Å². The molecule has 0 amide bonds. The highest BCUT2D eigenvalue weighted by Gasteiger charge is 2.19. The van der Waals surface area contributed by atoms with E-state index < -0.39 is 6.10 Å². The van der Waals surface area contributed by atoms with Crippen molar-refractivity contribution in [1.29, 1.82) is 0 Å². The van der Waals surface area contributed by atoms with Crippen molar-refractivity contribution < 1.29 is 28.6 Å². The standard InChI is InChI=1S/C74H122O6/c1-4-7-10-13-16-18-20-22-24-26-28-30-31-32-33-34-35-36-37-38-39-40-41-42-43-45-46-48-50-52-54-56-58-61-64-67-73(76)79-70-71(69-78-72(75)66-63-60-15-12-9-6-3)80-74(77)68-65-62-59-57-55-53-51-49-47-44-29-27-25-23-21-19-17-14-11-8-5-2/h7,10,16,18,21-24,27-30,32-33,35-36,38-39,41-42,45-46,71H,4-6,8-9,11-15,17,19-20,25-26,31,34,37,40,43-44,47-70H2,1-3H3/b10-7-,18-16-,23-21-,24-22-,29-27-,30-28-,33-32-,36-35-,39-38-,42-41-,46-45-. The Morgan fingerprint density at radius 2 is 0.487 bits per heavy atom. The third-order valence-electron chi connectivity index (χ3n) is 13.9. The third-order valence-corrected chi connectivity index (χ3v) is 13.9. The number of hydrogen-bond donors (Lipinski definition) is 0. The maximum absolute atomic E-state index is 12.8. The molecule has 0 bridgehead atoms. The first kappa shape index (κ1) is 75.5. The first-order valence-electron chi connectivity index (χ1n) is 33.2. The van der Waals surface area contributed by atoms with Gasteiger partial charge in [0, 0.05) is 19.3 Å². The second kappa shape index (κ2) is 67.1. The number of ether oxygens (including phenoxy) is 3. The number of carbonyl (C=O) groups is 3. The molecule has 0 radical (unpaired) electrons. The van der Waals surface area contributed by atoms with Crippen LogP contribution in [0.4, 0.5) is 0 Å². The maximum Gasteiger partial charge on any atom is 0.306 e. The van der Waals surface area contributed by atoms with Crippen LogP contribution in [0.2, 0.25) is 0 Å². The molecule has 1 unspecified atom stereocenters. The van der Waals surface area contributed by atoms with Crippen molar-refractivity contribution in [1.82, 2.24) is 0 Å². The number of rotatable bonds is 59. The Hall–Kier alpha value is -4.45. The molecule has 0 aliphatic rings. The summed E-state index contributed by atoms with van der Waals surface area (Å²) in [6.07, 6.45) is 95.0. The fourth-order valence-electron chi connectivity index (χ4n) is 8.94. The number of hydrogen-bond acceptors (Lipinski definition) is 6. The molecular weight excluding hydrogens is 985 g/mol. The Bertz CT molecular complexity index is 1700. The highest BCUT2D eigenvalue weighted by molar-refractivity contribution is 5.71. The quantitative estimate of drug-likeness (QED) is 0.0261. The van der Waals surface area contributed by atoms with Gasteiger partial charge in [0.25, 0.3) is 0 Å². The van der Waals surface area contributed by atoms with Crippen LogP contribution in [0.3, 0.4) is 0 Å². The maximum atomic E-state index is 12.8. The number of unbranched alkanes of at least 4 members (excludes halogenated alkanes) is 26. The topological polar surface area (TPSA) is 78.9 Å². The van der Waals surface area contributed by atoms with Crippen LogP contribution in [-0.2, 0) is 28.6 Å². The Balaban J connectivity index is 4.13. The lowest BCUT2D eigenvalue weighted by atomic mass is 10.1. The number of esters is 3. The predicted octanol–water partition coefficient (Wildman–Crippen LogP) is 22.9. The molecule has 0 N–H and O–H groups in total. The lowest BCUT2D eigenvalue weighted by Gasteiger charge is -2.18. The zero-order valence-corrected chi connectivity index (χ0v) is 52.0. The zero-order chi connectivity index (χ0) is 57.8. The fourth-order valence-corrected chi connectivity index (χ4v) is 8.94. The Kier molecular flexibility index (Phi) is 63.3. The van der Waals surface area contributed by atoms with Crippen molar-refractivity contribution >= 4 is 17.9 Å². The summed E-state index contributed by atoms with van der Waals surface area (Å²) in [5.74, 6) is -0.908. The average Bonchev–Trinajstić information content (AvgIpc) is 3.46. The van der Waals surface area contributed by atoms with Gasteiger partial charge in [-0.25, -0.2) is 0 Å². The second-order valence-corrected chi connectivity index (χ2v) is 21.6. The average molecular weight is 1110 g/mol. The Labute approximate surface area is 494 Å². The minimum Gasteiger partial charge on any atom is -0.462 e. The van der Waals surface area contributed by atoms with Crippen LogP contribution < -0.4 is 0 Å². The Morgan fingerprint density at radius 1 is 0.263 bits per heavy atom. The van der Waals surface area contributed by atoms with Gasteiger partial charge in [0.1, 0.15) is 13.2 Å². The summed E-state index contributed by atoms with van der Waals surface area (Å²) < 4.78 is 16.8. The Morgan fingerprint density at radius 3 is 0.762 bits per heavy atom. The molecular formula is C74H122O6. The first-order chi connectivity index (χ1) is 39.5. The van der Waals surface area contributed by atoms with Crippen molar-refractivity contribution in [2.24, 2.45) is 0 Å². The molecule has 454 valence electrons. The van der Waals surface area contributed by atoms with Crippen molar-refractivity contribution in [3.63, 3.8) is 0 Å². The van der Waals surface area contributed by atoms with Crippen molar-refractivity contribution in [3.8, 4) is 0 Å². The van der Waals surface area contributed by atoms with E-state index in [0.29, 0.717) is 19.3 Å². The van der Waals surface area contributed by atoms with Gasteiger partial charge in [-0.1, -0.05) is 289 Å². The molecule has 0 spiro atoms. The molecule has 80 heavy (non-hydrogen) atoms. The summed E-state index contributed by atoms with van der Waals surface area (Å²) in [7, 11) is 0. The van der Waals surface area contributed by atoms with Crippen LogP contribution in [0.5, 0.6) is 0 Å². The van der Waals surface area contributed by atoms with Crippen LogP contribution in [-0.4, -0.2) is 37.2 Å². The van der Waals surface area contributed by atoms with Gasteiger partial charge in [0.05, 0.1) is 0 Å². The normalized spacial score (nSPS) is 13.0. The fraction of sp³-hybridized carbons (Fsp3) is 0.662. The van der Waals surface area contributed by atoms with E-state index in [1.807, 2.05) is 0 Å². The molecule has 0 aromatic heterocycles. The van der Waals surface area contributed by atoms with Crippen molar-refractivity contribution in [2.45, 2.75) is 303 Å². The van der Waals surface area contributed by atoms with E-state index in [1.165, 1.54) is 128 Å². The summed E-state index contributed by atoms with van der Waals surface area (Å²) in [4.78, 5) is 38.0. The highest BCUT2D eigenvalue weighted by atomic mass is 16.6. The van der Waals surface area contributed by atoms with Gasteiger partial charge >= 0.3 is 17.9 Å². The molecule has 0 heterocycles. The van der Waals surface area contributed by atoms with E-state index in [0.717, 1.165) is 128 Å². The molecule has 0 aromatic carbocycles. The summed E-state index contributed by atoms with van der Waals surface area (Å²) in [5.41, 5.74) is 0. The van der Waals surface area contributed by atoms with E-state index in [1.54, 1.807) is 0 Å². The molecule has 0 saturated carbocycles.